The third-order valence-corrected chi connectivity index (χ3v) is 3.81. The average Bonchev–Trinajstić information content (AvgIpc) is 2.86. The van der Waals surface area contributed by atoms with E-state index in [9.17, 15) is 9.90 Å². The molecule has 0 radical (unpaired) electrons. The van der Waals surface area contributed by atoms with E-state index in [0.29, 0.717) is 18.9 Å². The Kier molecular flexibility index (Phi) is 5.56. The van der Waals surface area contributed by atoms with Crippen LogP contribution in [0.25, 0.3) is 0 Å². The molecule has 0 amide bonds. The van der Waals surface area contributed by atoms with Gasteiger partial charge in [-0.25, -0.2) is 0 Å². The van der Waals surface area contributed by atoms with Crippen LogP contribution in [0.3, 0.4) is 0 Å². The molecular weight excluding hydrogens is 254 g/mol. The second-order valence-electron chi connectivity index (χ2n) is 5.51. The average molecular weight is 277 g/mol. The van der Waals surface area contributed by atoms with Gasteiger partial charge in [0, 0.05) is 31.5 Å². The van der Waals surface area contributed by atoms with Gasteiger partial charge < -0.3 is 9.84 Å². The molecule has 1 saturated heterocycles. The van der Waals surface area contributed by atoms with E-state index in [1.807, 2.05) is 30.3 Å². The van der Waals surface area contributed by atoms with E-state index >= 15 is 0 Å². The second kappa shape index (κ2) is 7.41. The molecule has 4 heteroatoms. The lowest BCUT2D eigenvalue weighted by molar-refractivity contribution is -0.117. The molecule has 1 unspecified atom stereocenters. The number of aliphatic hydroxyl groups excluding tert-OH is 1. The smallest absolute Gasteiger partial charge is 0.131 e. The van der Waals surface area contributed by atoms with Gasteiger partial charge in [0.25, 0.3) is 0 Å². The van der Waals surface area contributed by atoms with Crippen molar-refractivity contribution in [3.63, 3.8) is 0 Å². The van der Waals surface area contributed by atoms with Crippen LogP contribution in [0.1, 0.15) is 19.8 Å². The summed E-state index contributed by atoms with van der Waals surface area (Å²) >= 11 is 0. The van der Waals surface area contributed by atoms with Crippen molar-refractivity contribution in [2.45, 2.75) is 25.8 Å². The zero-order chi connectivity index (χ0) is 14.4. The van der Waals surface area contributed by atoms with Gasteiger partial charge in [0.2, 0.25) is 0 Å². The van der Waals surface area contributed by atoms with Gasteiger partial charge in [-0.3, -0.25) is 9.69 Å². The van der Waals surface area contributed by atoms with Gasteiger partial charge in [-0.1, -0.05) is 18.2 Å². The number of likely N-dealkylation sites (tertiary alicyclic amines) is 1. The van der Waals surface area contributed by atoms with Crippen LogP contribution in [0.4, 0.5) is 0 Å². The minimum atomic E-state index is 0.153. The fourth-order valence-electron chi connectivity index (χ4n) is 2.71. The van der Waals surface area contributed by atoms with Crippen molar-refractivity contribution in [1.29, 1.82) is 0 Å². The molecule has 110 valence electrons. The van der Waals surface area contributed by atoms with Crippen molar-refractivity contribution in [3.8, 4) is 5.75 Å². The maximum absolute atomic E-state index is 11.1. The number of Topliss-reactive ketones (excluding diaryl/α,β-unsaturated/α-hetero) is 1. The highest BCUT2D eigenvalue weighted by Gasteiger charge is 2.31. The fraction of sp³-hybridized carbons (Fsp3) is 0.562. The first kappa shape index (κ1) is 15.0. The van der Waals surface area contributed by atoms with E-state index in [4.69, 9.17) is 4.74 Å². The van der Waals surface area contributed by atoms with Crippen LogP contribution in [0.15, 0.2) is 30.3 Å². The lowest BCUT2D eigenvalue weighted by Gasteiger charge is -2.21. The SMILES string of the molecule is CC(=O)CCN1CC(COc2ccccc2)C[C@H]1CO. The Balaban J connectivity index is 1.80. The standard InChI is InChI=1S/C16H23NO3/c1-13(19)7-8-17-10-14(9-15(17)11-18)12-20-16-5-3-2-4-6-16/h2-6,14-15,18H,7-12H2,1H3/t14?,15-/m0/s1. The highest BCUT2D eigenvalue weighted by molar-refractivity contribution is 5.75. The van der Waals surface area contributed by atoms with Gasteiger partial charge >= 0.3 is 0 Å². The molecule has 0 aliphatic carbocycles. The quantitative estimate of drug-likeness (QED) is 0.824. The van der Waals surface area contributed by atoms with Crippen LogP contribution >= 0.6 is 0 Å². The van der Waals surface area contributed by atoms with Gasteiger partial charge in [0.15, 0.2) is 0 Å². The zero-order valence-electron chi connectivity index (χ0n) is 12.0. The van der Waals surface area contributed by atoms with Crippen molar-refractivity contribution >= 4 is 5.78 Å². The van der Waals surface area contributed by atoms with E-state index < -0.39 is 0 Å². The van der Waals surface area contributed by atoms with Crippen molar-refractivity contribution in [1.82, 2.24) is 4.90 Å². The number of benzene rings is 1. The van der Waals surface area contributed by atoms with E-state index in [-0.39, 0.29) is 18.4 Å². The van der Waals surface area contributed by atoms with Gasteiger partial charge in [0.05, 0.1) is 13.2 Å². The highest BCUT2D eigenvalue weighted by Crippen LogP contribution is 2.24. The zero-order valence-corrected chi connectivity index (χ0v) is 12.0. The van der Waals surface area contributed by atoms with Crippen LogP contribution in [0.2, 0.25) is 0 Å². The van der Waals surface area contributed by atoms with E-state index in [1.54, 1.807) is 6.92 Å². The van der Waals surface area contributed by atoms with Crippen molar-refractivity contribution in [3.05, 3.63) is 30.3 Å². The maximum atomic E-state index is 11.1. The number of hydrogen-bond acceptors (Lipinski definition) is 4. The number of ether oxygens (including phenoxy) is 1. The molecule has 1 aliphatic rings. The second-order valence-corrected chi connectivity index (χ2v) is 5.51. The molecule has 1 aromatic carbocycles. The molecule has 1 fully saturated rings. The Bertz CT molecular complexity index is 421. The predicted octanol–water partition coefficient (Wildman–Crippen LogP) is 1.73. The number of nitrogens with zero attached hydrogens (tertiary/aromatic N) is 1. The van der Waals surface area contributed by atoms with Crippen LogP contribution < -0.4 is 4.74 Å². The molecule has 2 rings (SSSR count). The summed E-state index contributed by atoms with van der Waals surface area (Å²) in [6, 6.07) is 9.95. The third kappa shape index (κ3) is 4.32. The maximum Gasteiger partial charge on any atom is 0.131 e. The molecule has 0 spiro atoms. The van der Waals surface area contributed by atoms with E-state index in [2.05, 4.69) is 4.90 Å². The fourth-order valence-corrected chi connectivity index (χ4v) is 2.71. The number of ketones is 1. The first-order valence-corrected chi connectivity index (χ1v) is 7.21. The third-order valence-electron chi connectivity index (χ3n) is 3.81. The largest absolute Gasteiger partial charge is 0.493 e. The Morgan fingerprint density at radius 2 is 2.15 bits per heavy atom. The first-order chi connectivity index (χ1) is 9.69. The molecular formula is C16H23NO3. The van der Waals surface area contributed by atoms with Gasteiger partial charge in [-0.2, -0.15) is 0 Å². The number of hydrogen-bond donors (Lipinski definition) is 1. The van der Waals surface area contributed by atoms with Crippen molar-refractivity contribution in [2.24, 2.45) is 5.92 Å². The number of para-hydroxylation sites is 1. The van der Waals surface area contributed by atoms with E-state index in [0.717, 1.165) is 25.3 Å². The summed E-state index contributed by atoms with van der Waals surface area (Å²) in [7, 11) is 0. The molecule has 20 heavy (non-hydrogen) atoms. The summed E-state index contributed by atoms with van der Waals surface area (Å²) < 4.78 is 5.78. The summed E-state index contributed by atoms with van der Waals surface area (Å²) in [6.07, 6.45) is 1.49. The van der Waals surface area contributed by atoms with Crippen LogP contribution in [0.5, 0.6) is 5.75 Å². The van der Waals surface area contributed by atoms with Crippen molar-refractivity contribution < 1.29 is 14.6 Å². The number of aliphatic hydroxyl groups is 1. The topological polar surface area (TPSA) is 49.8 Å². The molecule has 2 atom stereocenters. The Hall–Kier alpha value is -1.39. The van der Waals surface area contributed by atoms with Crippen LogP contribution in [-0.4, -0.2) is 48.1 Å². The summed E-state index contributed by atoms with van der Waals surface area (Å²) in [5.74, 6) is 1.50. The summed E-state index contributed by atoms with van der Waals surface area (Å²) in [5, 5.41) is 9.44. The van der Waals surface area contributed by atoms with Gasteiger partial charge in [-0.05, 0) is 25.5 Å². The summed E-state index contributed by atoms with van der Waals surface area (Å²) in [6.45, 7) is 4.06. The minimum absolute atomic E-state index is 0.153. The van der Waals surface area contributed by atoms with Gasteiger partial charge in [-0.15, -0.1) is 0 Å². The van der Waals surface area contributed by atoms with Crippen molar-refractivity contribution in [2.75, 3.05) is 26.3 Å². The monoisotopic (exact) mass is 277 g/mol. The molecule has 0 saturated carbocycles. The Labute approximate surface area is 120 Å². The number of carbonyl (C=O) groups excluding carboxylic acids is 1. The minimum Gasteiger partial charge on any atom is -0.493 e. The molecule has 1 aromatic rings. The molecule has 0 bridgehead atoms. The predicted molar refractivity (Wildman–Crippen MR) is 77.8 cm³/mol. The number of carbonyl (C=O) groups is 1. The first-order valence-electron chi connectivity index (χ1n) is 7.21. The highest BCUT2D eigenvalue weighted by atomic mass is 16.5. The van der Waals surface area contributed by atoms with Crippen LogP contribution in [-0.2, 0) is 4.79 Å². The van der Waals surface area contributed by atoms with E-state index in [1.165, 1.54) is 0 Å². The molecule has 0 aromatic heterocycles. The molecule has 1 heterocycles. The number of rotatable bonds is 7. The summed E-state index contributed by atoms with van der Waals surface area (Å²) in [5.41, 5.74) is 0. The molecule has 4 nitrogen and oxygen atoms in total. The lowest BCUT2D eigenvalue weighted by Crippen LogP contribution is -2.34. The normalized spacial score (nSPS) is 22.9. The Morgan fingerprint density at radius 3 is 2.80 bits per heavy atom. The summed E-state index contributed by atoms with van der Waals surface area (Å²) in [4.78, 5) is 13.3. The molecule has 1 aliphatic heterocycles. The Morgan fingerprint density at radius 1 is 1.40 bits per heavy atom. The van der Waals surface area contributed by atoms with Crippen LogP contribution in [0, 0.1) is 5.92 Å². The molecule has 1 N–H and O–H groups in total. The lowest BCUT2D eigenvalue weighted by atomic mass is 10.1. The van der Waals surface area contributed by atoms with Gasteiger partial charge in [0.1, 0.15) is 11.5 Å².